The zero-order chi connectivity index (χ0) is 15.0. The molecule has 0 bridgehead atoms. The fourth-order valence-corrected chi connectivity index (χ4v) is 3.54. The van der Waals surface area contributed by atoms with Gasteiger partial charge in [-0.15, -0.1) is 11.3 Å². The van der Waals surface area contributed by atoms with Gasteiger partial charge in [-0.1, -0.05) is 35.3 Å². The minimum atomic E-state index is -0.491. The number of esters is 1. The van der Waals surface area contributed by atoms with Crippen molar-refractivity contribution in [2.75, 3.05) is 0 Å². The Morgan fingerprint density at radius 3 is 2.76 bits per heavy atom. The highest BCUT2D eigenvalue weighted by Gasteiger charge is 2.15. The Kier molecular flexibility index (Phi) is 3.89. The molecule has 2 aromatic carbocycles. The molecule has 0 saturated carbocycles. The van der Waals surface area contributed by atoms with E-state index in [-0.39, 0.29) is 5.02 Å². The minimum Gasteiger partial charge on any atom is -0.421 e. The zero-order valence-corrected chi connectivity index (χ0v) is 13.4. The lowest BCUT2D eigenvalue weighted by Crippen LogP contribution is -2.09. The van der Waals surface area contributed by atoms with Crippen LogP contribution in [0, 0.1) is 6.92 Å². The largest absolute Gasteiger partial charge is 0.421 e. The molecule has 21 heavy (non-hydrogen) atoms. The molecule has 0 aliphatic carbocycles. The van der Waals surface area contributed by atoms with E-state index in [1.807, 2.05) is 24.4 Å². The van der Waals surface area contributed by atoms with Crippen molar-refractivity contribution in [1.82, 2.24) is 0 Å². The standard InChI is InChI=1S/C16H10Cl2O2S/c1-9-8-21-15-11(9)3-2-4-14(15)20-16(19)12-6-5-10(17)7-13(12)18/h2-8H,1H3. The highest BCUT2D eigenvalue weighted by molar-refractivity contribution is 7.17. The molecule has 5 heteroatoms. The van der Waals surface area contributed by atoms with Gasteiger partial charge in [0.1, 0.15) is 5.75 Å². The average molecular weight is 337 g/mol. The highest BCUT2D eigenvalue weighted by atomic mass is 35.5. The summed E-state index contributed by atoms with van der Waals surface area (Å²) in [6.07, 6.45) is 0. The molecule has 106 valence electrons. The van der Waals surface area contributed by atoms with Crippen LogP contribution in [-0.4, -0.2) is 5.97 Å². The molecular weight excluding hydrogens is 327 g/mol. The number of carbonyl (C=O) groups is 1. The third-order valence-electron chi connectivity index (χ3n) is 3.11. The van der Waals surface area contributed by atoms with Crippen molar-refractivity contribution >= 4 is 50.6 Å². The summed E-state index contributed by atoms with van der Waals surface area (Å²) < 4.78 is 6.44. The van der Waals surface area contributed by atoms with E-state index in [9.17, 15) is 4.79 Å². The van der Waals surface area contributed by atoms with Crippen molar-refractivity contribution in [1.29, 1.82) is 0 Å². The third-order valence-corrected chi connectivity index (χ3v) is 4.79. The summed E-state index contributed by atoms with van der Waals surface area (Å²) in [4.78, 5) is 12.3. The van der Waals surface area contributed by atoms with E-state index in [1.54, 1.807) is 29.5 Å². The number of benzene rings is 2. The Balaban J connectivity index is 1.96. The Morgan fingerprint density at radius 1 is 1.19 bits per heavy atom. The molecule has 1 heterocycles. The van der Waals surface area contributed by atoms with Crippen molar-refractivity contribution in [3.8, 4) is 5.75 Å². The number of hydrogen-bond donors (Lipinski definition) is 0. The first-order chi connectivity index (χ1) is 10.1. The third kappa shape index (κ3) is 2.77. The van der Waals surface area contributed by atoms with Crippen molar-refractivity contribution in [3.63, 3.8) is 0 Å². The Hall–Kier alpha value is -1.55. The molecular formula is C16H10Cl2O2S. The van der Waals surface area contributed by atoms with E-state index in [4.69, 9.17) is 27.9 Å². The van der Waals surface area contributed by atoms with E-state index in [2.05, 4.69) is 0 Å². The molecule has 0 amide bonds. The van der Waals surface area contributed by atoms with Gasteiger partial charge in [0.15, 0.2) is 0 Å². The number of carbonyl (C=O) groups excluding carboxylic acids is 1. The van der Waals surface area contributed by atoms with Crippen molar-refractivity contribution in [2.24, 2.45) is 0 Å². The zero-order valence-electron chi connectivity index (χ0n) is 11.0. The predicted octanol–water partition coefficient (Wildman–Crippen LogP) is 5.74. The van der Waals surface area contributed by atoms with Gasteiger partial charge in [0.05, 0.1) is 15.3 Å². The van der Waals surface area contributed by atoms with Crippen LogP contribution < -0.4 is 4.74 Å². The molecule has 0 unspecified atom stereocenters. The van der Waals surface area contributed by atoms with Crippen molar-refractivity contribution in [3.05, 3.63) is 63.0 Å². The van der Waals surface area contributed by atoms with Gasteiger partial charge in [-0.05, 0) is 47.5 Å². The quantitative estimate of drug-likeness (QED) is 0.440. The second kappa shape index (κ2) is 5.68. The van der Waals surface area contributed by atoms with E-state index >= 15 is 0 Å². The molecule has 3 aromatic rings. The van der Waals surface area contributed by atoms with Crippen LogP contribution in [0.4, 0.5) is 0 Å². The Morgan fingerprint density at radius 2 is 2.00 bits per heavy atom. The number of hydrogen-bond acceptors (Lipinski definition) is 3. The van der Waals surface area contributed by atoms with E-state index in [1.165, 1.54) is 6.07 Å². The Labute approximate surface area is 135 Å². The number of rotatable bonds is 2. The molecule has 0 atom stereocenters. The summed E-state index contributed by atoms with van der Waals surface area (Å²) in [6.45, 7) is 2.03. The summed E-state index contributed by atoms with van der Waals surface area (Å²) >= 11 is 13.4. The maximum atomic E-state index is 12.3. The Bertz CT molecular complexity index is 839. The van der Waals surface area contributed by atoms with Crippen LogP contribution in [0.25, 0.3) is 10.1 Å². The first-order valence-corrected chi connectivity index (χ1v) is 7.84. The number of halogens is 2. The smallest absolute Gasteiger partial charge is 0.345 e. The van der Waals surface area contributed by atoms with Gasteiger partial charge in [-0.25, -0.2) is 4.79 Å². The van der Waals surface area contributed by atoms with Gasteiger partial charge >= 0.3 is 5.97 Å². The molecule has 0 aliphatic rings. The van der Waals surface area contributed by atoms with Crippen molar-refractivity contribution < 1.29 is 9.53 Å². The second-order valence-electron chi connectivity index (χ2n) is 4.57. The summed E-state index contributed by atoms with van der Waals surface area (Å²) in [5.41, 5.74) is 1.46. The molecule has 1 aromatic heterocycles. The normalized spacial score (nSPS) is 10.8. The lowest BCUT2D eigenvalue weighted by Gasteiger charge is -2.07. The number of fused-ring (bicyclic) bond motifs is 1. The van der Waals surface area contributed by atoms with E-state index in [0.29, 0.717) is 16.3 Å². The number of aryl methyl sites for hydroxylation is 1. The highest BCUT2D eigenvalue weighted by Crippen LogP contribution is 2.34. The van der Waals surface area contributed by atoms with Gasteiger partial charge < -0.3 is 4.74 Å². The van der Waals surface area contributed by atoms with Gasteiger partial charge in [0.25, 0.3) is 0 Å². The van der Waals surface area contributed by atoms with Crippen molar-refractivity contribution in [2.45, 2.75) is 6.92 Å². The molecule has 2 nitrogen and oxygen atoms in total. The minimum absolute atomic E-state index is 0.280. The molecule has 0 saturated heterocycles. The monoisotopic (exact) mass is 336 g/mol. The lowest BCUT2D eigenvalue weighted by molar-refractivity contribution is 0.0737. The number of thiophene rings is 1. The SMILES string of the molecule is Cc1csc2c(OC(=O)c3ccc(Cl)cc3Cl)cccc12. The maximum absolute atomic E-state index is 12.3. The number of ether oxygens (including phenoxy) is 1. The molecule has 0 spiro atoms. The van der Waals surface area contributed by atoms with Crippen LogP contribution in [0.3, 0.4) is 0 Å². The van der Waals surface area contributed by atoms with Crippen LogP contribution in [0.5, 0.6) is 5.75 Å². The summed E-state index contributed by atoms with van der Waals surface area (Å²) in [5, 5.41) is 3.89. The van der Waals surface area contributed by atoms with Crippen LogP contribution in [-0.2, 0) is 0 Å². The van der Waals surface area contributed by atoms with Gasteiger partial charge in [0.2, 0.25) is 0 Å². The first-order valence-electron chi connectivity index (χ1n) is 6.20. The molecule has 0 fully saturated rings. The second-order valence-corrected chi connectivity index (χ2v) is 6.29. The van der Waals surface area contributed by atoms with Crippen LogP contribution in [0.1, 0.15) is 15.9 Å². The van der Waals surface area contributed by atoms with Crippen LogP contribution in [0.15, 0.2) is 41.8 Å². The molecule has 3 rings (SSSR count). The fourth-order valence-electron chi connectivity index (χ4n) is 2.05. The lowest BCUT2D eigenvalue weighted by atomic mass is 10.2. The van der Waals surface area contributed by atoms with E-state index < -0.39 is 5.97 Å². The summed E-state index contributed by atoms with van der Waals surface area (Å²) in [7, 11) is 0. The van der Waals surface area contributed by atoms with Crippen LogP contribution in [0.2, 0.25) is 10.0 Å². The fraction of sp³-hybridized carbons (Fsp3) is 0.0625. The van der Waals surface area contributed by atoms with E-state index in [0.717, 1.165) is 15.6 Å². The first kappa shape index (κ1) is 14.4. The summed E-state index contributed by atoms with van der Waals surface area (Å²) in [6, 6.07) is 10.4. The summed E-state index contributed by atoms with van der Waals surface area (Å²) in [5.74, 6) is 0.0526. The van der Waals surface area contributed by atoms with Gasteiger partial charge in [-0.2, -0.15) is 0 Å². The predicted molar refractivity (Wildman–Crippen MR) is 88.0 cm³/mol. The maximum Gasteiger partial charge on any atom is 0.345 e. The van der Waals surface area contributed by atoms with Gasteiger partial charge in [0, 0.05) is 5.02 Å². The topological polar surface area (TPSA) is 26.3 Å². The molecule has 0 N–H and O–H groups in total. The molecule has 0 radical (unpaired) electrons. The van der Waals surface area contributed by atoms with Gasteiger partial charge in [-0.3, -0.25) is 0 Å². The molecule has 0 aliphatic heterocycles. The average Bonchev–Trinajstić information content (AvgIpc) is 2.81. The van der Waals surface area contributed by atoms with Crippen LogP contribution >= 0.6 is 34.5 Å².